The fraction of sp³-hybridized carbons (Fsp3) is 0.367. The highest BCUT2D eigenvalue weighted by Crippen LogP contribution is 2.39. The number of pyridine rings is 1. The monoisotopic (exact) mass is 504 g/mol. The molecule has 0 aliphatic carbocycles. The van der Waals surface area contributed by atoms with Crippen molar-refractivity contribution in [2.24, 2.45) is 0 Å². The molecule has 2 aliphatic heterocycles. The minimum atomic E-state index is -0.783. The van der Waals surface area contributed by atoms with Crippen LogP contribution in [0.4, 0.5) is 0 Å². The van der Waals surface area contributed by atoms with E-state index in [0.717, 1.165) is 65.5 Å². The van der Waals surface area contributed by atoms with E-state index < -0.39 is 5.60 Å². The van der Waals surface area contributed by atoms with Crippen molar-refractivity contribution in [1.29, 1.82) is 0 Å². The van der Waals surface area contributed by atoms with Gasteiger partial charge in [0.2, 0.25) is 0 Å². The molecule has 6 heteroatoms. The van der Waals surface area contributed by atoms with E-state index in [9.17, 15) is 5.11 Å². The highest BCUT2D eigenvalue weighted by atomic mass is 35.5. The number of aromatic nitrogens is 1. The Morgan fingerprint density at radius 1 is 1.11 bits per heavy atom. The summed E-state index contributed by atoms with van der Waals surface area (Å²) in [6.45, 7) is 7.14. The molecule has 1 aromatic heterocycles. The Morgan fingerprint density at radius 2 is 1.89 bits per heavy atom. The van der Waals surface area contributed by atoms with Crippen LogP contribution < -0.4 is 9.47 Å². The Hall–Kier alpha value is -2.86. The summed E-state index contributed by atoms with van der Waals surface area (Å²) in [7, 11) is 0. The lowest BCUT2D eigenvalue weighted by atomic mass is 9.84. The lowest BCUT2D eigenvalue weighted by molar-refractivity contribution is -0.0254. The van der Waals surface area contributed by atoms with Gasteiger partial charge >= 0.3 is 0 Å². The van der Waals surface area contributed by atoms with Gasteiger partial charge in [-0.1, -0.05) is 35.9 Å². The Kier molecular flexibility index (Phi) is 7.33. The third-order valence-corrected chi connectivity index (χ3v) is 7.27. The van der Waals surface area contributed by atoms with Gasteiger partial charge in [-0.3, -0.25) is 4.98 Å². The largest absolute Gasteiger partial charge is 0.491 e. The fourth-order valence-corrected chi connectivity index (χ4v) is 5.21. The number of nitrogens with zero attached hydrogens (tertiary/aromatic N) is 2. The third kappa shape index (κ3) is 5.44. The van der Waals surface area contributed by atoms with E-state index in [1.807, 2.05) is 62.5 Å². The summed E-state index contributed by atoms with van der Waals surface area (Å²) in [5, 5.41) is 11.9. The first-order valence-corrected chi connectivity index (χ1v) is 13.1. The highest BCUT2D eigenvalue weighted by Gasteiger charge is 2.33. The summed E-state index contributed by atoms with van der Waals surface area (Å²) in [4.78, 5) is 7.02. The average molecular weight is 505 g/mol. The second-order valence-electron chi connectivity index (χ2n) is 9.90. The second-order valence-corrected chi connectivity index (χ2v) is 10.3. The minimum Gasteiger partial charge on any atom is -0.491 e. The quantitative estimate of drug-likeness (QED) is 0.432. The van der Waals surface area contributed by atoms with Crippen molar-refractivity contribution >= 4 is 17.2 Å². The lowest BCUT2D eigenvalue weighted by Crippen LogP contribution is -2.42. The molecule has 3 heterocycles. The van der Waals surface area contributed by atoms with Gasteiger partial charge in [0, 0.05) is 42.0 Å². The number of hydrogen-bond donors (Lipinski definition) is 1. The molecule has 5 nitrogen and oxygen atoms in total. The number of likely N-dealkylation sites (tertiary alicyclic amines) is 1. The van der Waals surface area contributed by atoms with E-state index in [4.69, 9.17) is 21.1 Å². The van der Waals surface area contributed by atoms with Crippen LogP contribution in [-0.2, 0) is 12.2 Å². The Balaban J connectivity index is 1.32. The number of benzene rings is 2. The maximum atomic E-state index is 11.2. The molecule has 2 aromatic carbocycles. The lowest BCUT2D eigenvalue weighted by Gasteiger charge is -2.38. The first-order valence-electron chi connectivity index (χ1n) is 12.7. The van der Waals surface area contributed by atoms with Gasteiger partial charge in [0.15, 0.2) is 0 Å². The van der Waals surface area contributed by atoms with Gasteiger partial charge in [-0.2, -0.15) is 0 Å². The van der Waals surface area contributed by atoms with Crippen LogP contribution in [-0.4, -0.2) is 40.7 Å². The third-order valence-electron chi connectivity index (χ3n) is 7.02. The molecule has 36 heavy (non-hydrogen) atoms. The van der Waals surface area contributed by atoms with Crippen molar-refractivity contribution in [3.63, 3.8) is 0 Å². The topological polar surface area (TPSA) is 54.8 Å². The average Bonchev–Trinajstić information content (AvgIpc) is 3.02. The number of rotatable bonds is 6. The SMILES string of the molecule is CC(C)Oc1ccc2c(c1)C(=CCCN1CCC(O)(c3ccc(Cl)cc3)CC1)c1cccnc1CO2. The number of fused-ring (bicyclic) bond motifs is 2. The molecule has 0 radical (unpaired) electrons. The molecule has 5 rings (SSSR count). The zero-order valence-electron chi connectivity index (χ0n) is 20.9. The normalized spacial score (nSPS) is 18.3. The predicted molar refractivity (Wildman–Crippen MR) is 143 cm³/mol. The molecule has 0 spiro atoms. The molecular weight excluding hydrogens is 472 g/mol. The predicted octanol–water partition coefficient (Wildman–Crippen LogP) is 6.22. The molecular formula is C30H33ClN2O3. The van der Waals surface area contributed by atoms with E-state index in [1.54, 1.807) is 0 Å². The van der Waals surface area contributed by atoms with E-state index in [2.05, 4.69) is 28.1 Å². The molecule has 0 bridgehead atoms. The molecule has 0 saturated carbocycles. The van der Waals surface area contributed by atoms with Crippen LogP contribution in [0.5, 0.6) is 11.5 Å². The van der Waals surface area contributed by atoms with Gasteiger partial charge < -0.3 is 19.5 Å². The number of ether oxygens (including phenoxy) is 2. The van der Waals surface area contributed by atoms with Crippen LogP contribution >= 0.6 is 11.6 Å². The van der Waals surface area contributed by atoms with Crippen molar-refractivity contribution in [2.45, 2.75) is 51.4 Å². The van der Waals surface area contributed by atoms with E-state index in [-0.39, 0.29) is 6.10 Å². The van der Waals surface area contributed by atoms with Crippen LogP contribution in [0.1, 0.15) is 55.5 Å². The van der Waals surface area contributed by atoms with Crippen molar-refractivity contribution in [3.05, 3.63) is 94.3 Å². The fourth-order valence-electron chi connectivity index (χ4n) is 5.09. The summed E-state index contributed by atoms with van der Waals surface area (Å²) in [5.74, 6) is 1.68. The molecule has 2 aliphatic rings. The number of piperidine rings is 1. The van der Waals surface area contributed by atoms with Crippen LogP contribution in [0.3, 0.4) is 0 Å². The number of halogens is 1. The molecule has 188 valence electrons. The van der Waals surface area contributed by atoms with Crippen LogP contribution in [0.25, 0.3) is 5.57 Å². The van der Waals surface area contributed by atoms with Gasteiger partial charge in [0.05, 0.1) is 17.4 Å². The van der Waals surface area contributed by atoms with Crippen LogP contribution in [0.15, 0.2) is 66.9 Å². The van der Waals surface area contributed by atoms with Crippen molar-refractivity contribution in [3.8, 4) is 11.5 Å². The van der Waals surface area contributed by atoms with Crippen molar-refractivity contribution in [2.75, 3.05) is 19.6 Å². The number of aliphatic hydroxyl groups is 1. The van der Waals surface area contributed by atoms with Crippen LogP contribution in [0.2, 0.25) is 5.02 Å². The summed E-state index contributed by atoms with van der Waals surface area (Å²) in [6, 6.07) is 17.7. The summed E-state index contributed by atoms with van der Waals surface area (Å²) in [5.41, 5.74) is 4.39. The first-order chi connectivity index (χ1) is 17.4. The zero-order valence-corrected chi connectivity index (χ0v) is 21.7. The molecule has 1 N–H and O–H groups in total. The van der Waals surface area contributed by atoms with Gasteiger partial charge in [0.1, 0.15) is 18.1 Å². The molecule has 3 aromatic rings. The molecule has 0 amide bonds. The Bertz CT molecular complexity index is 1230. The van der Waals surface area contributed by atoms with Gasteiger partial charge in [-0.25, -0.2) is 0 Å². The van der Waals surface area contributed by atoms with E-state index in [1.165, 1.54) is 0 Å². The Morgan fingerprint density at radius 3 is 2.64 bits per heavy atom. The van der Waals surface area contributed by atoms with Gasteiger partial charge in [-0.05, 0) is 80.6 Å². The standard InChI is InChI=1S/C30H33ClN2O3/c1-21(2)36-24-11-12-29-27(19-24)25(26-5-3-15-32-28(26)20-35-29)6-4-16-33-17-13-30(34,14-18-33)22-7-9-23(31)10-8-22/h3,5-12,15,19,21,34H,4,13-14,16-18,20H2,1-2H3. The smallest absolute Gasteiger partial charge is 0.131 e. The summed E-state index contributed by atoms with van der Waals surface area (Å²) < 4.78 is 12.1. The second kappa shape index (κ2) is 10.6. The maximum Gasteiger partial charge on any atom is 0.131 e. The molecule has 1 fully saturated rings. The number of hydrogen-bond acceptors (Lipinski definition) is 5. The van der Waals surface area contributed by atoms with E-state index >= 15 is 0 Å². The maximum absolute atomic E-state index is 11.2. The van der Waals surface area contributed by atoms with Gasteiger partial charge in [-0.15, -0.1) is 0 Å². The van der Waals surface area contributed by atoms with Crippen LogP contribution in [0, 0.1) is 0 Å². The zero-order chi connectivity index (χ0) is 25.1. The Labute approximate surface area is 218 Å². The minimum absolute atomic E-state index is 0.0988. The highest BCUT2D eigenvalue weighted by molar-refractivity contribution is 6.30. The van der Waals surface area contributed by atoms with Gasteiger partial charge in [0.25, 0.3) is 0 Å². The van der Waals surface area contributed by atoms with Crippen molar-refractivity contribution in [1.82, 2.24) is 9.88 Å². The first kappa shape index (κ1) is 24.8. The molecule has 0 atom stereocenters. The van der Waals surface area contributed by atoms with Crippen molar-refractivity contribution < 1.29 is 14.6 Å². The summed E-state index contributed by atoms with van der Waals surface area (Å²) >= 11 is 6.03. The molecule has 1 saturated heterocycles. The van der Waals surface area contributed by atoms with E-state index in [0.29, 0.717) is 24.5 Å². The molecule has 0 unspecified atom stereocenters. The summed E-state index contributed by atoms with van der Waals surface area (Å²) in [6.07, 6.45) is 6.53.